The molecule has 0 aliphatic carbocycles. The molecule has 4 nitrogen and oxygen atoms in total. The van der Waals surface area contributed by atoms with E-state index in [4.69, 9.17) is 0 Å². The van der Waals surface area contributed by atoms with E-state index in [1.807, 2.05) is 0 Å². The second-order valence-electron chi connectivity index (χ2n) is 5.43. The fourth-order valence-corrected chi connectivity index (χ4v) is 3.06. The van der Waals surface area contributed by atoms with Gasteiger partial charge in [0.05, 0.1) is 0 Å². The van der Waals surface area contributed by atoms with E-state index in [0.717, 1.165) is 10.9 Å². The standard InChI is InChI=1S/C15H30N4S/c1-2-3-4-5-6-7-8-9-10-11-12-13-14-20-15-16-18-19-17-15/h2-14H2,1H3,(H,16,17,18,19). The molecule has 0 radical (unpaired) electrons. The summed E-state index contributed by atoms with van der Waals surface area (Å²) in [5, 5.41) is 14.6. The van der Waals surface area contributed by atoms with Gasteiger partial charge in [0.2, 0.25) is 5.16 Å². The van der Waals surface area contributed by atoms with Crippen LogP contribution in [0.15, 0.2) is 5.16 Å². The van der Waals surface area contributed by atoms with Crippen molar-refractivity contribution < 1.29 is 0 Å². The number of rotatable bonds is 14. The highest BCUT2D eigenvalue weighted by molar-refractivity contribution is 7.99. The third-order valence-corrected chi connectivity index (χ3v) is 4.48. The number of thioether (sulfide) groups is 1. The predicted octanol–water partition coefficient (Wildman–Crippen LogP) is 4.99. The molecule has 1 N–H and O–H groups in total. The largest absolute Gasteiger partial charge is 0.230 e. The van der Waals surface area contributed by atoms with Crippen molar-refractivity contribution in [1.82, 2.24) is 20.6 Å². The van der Waals surface area contributed by atoms with Crippen molar-refractivity contribution in [2.24, 2.45) is 0 Å². The van der Waals surface area contributed by atoms with Crippen LogP contribution in [-0.2, 0) is 0 Å². The lowest BCUT2D eigenvalue weighted by atomic mass is 10.1. The first-order valence-electron chi connectivity index (χ1n) is 8.29. The third-order valence-electron chi connectivity index (χ3n) is 3.55. The van der Waals surface area contributed by atoms with Gasteiger partial charge < -0.3 is 0 Å². The zero-order valence-corrected chi connectivity index (χ0v) is 13.8. The maximum absolute atomic E-state index is 3.93. The minimum absolute atomic E-state index is 0.771. The molecule has 1 aromatic heterocycles. The summed E-state index contributed by atoms with van der Waals surface area (Å²) in [7, 11) is 0. The van der Waals surface area contributed by atoms with Crippen LogP contribution in [0.3, 0.4) is 0 Å². The van der Waals surface area contributed by atoms with Crippen LogP contribution < -0.4 is 0 Å². The molecular weight excluding hydrogens is 268 g/mol. The molecule has 0 saturated carbocycles. The number of aromatic nitrogens is 4. The minimum Gasteiger partial charge on any atom is -0.176 e. The molecule has 1 rings (SSSR count). The van der Waals surface area contributed by atoms with Gasteiger partial charge in [0.1, 0.15) is 0 Å². The Morgan fingerprint density at radius 2 is 1.35 bits per heavy atom. The first kappa shape index (κ1) is 17.5. The molecule has 0 fully saturated rings. The predicted molar refractivity (Wildman–Crippen MR) is 86.0 cm³/mol. The molecule has 0 saturated heterocycles. The molecule has 0 spiro atoms. The van der Waals surface area contributed by atoms with Crippen molar-refractivity contribution >= 4 is 11.8 Å². The number of aromatic amines is 1. The van der Waals surface area contributed by atoms with Gasteiger partial charge in [0, 0.05) is 5.75 Å². The molecule has 0 aromatic carbocycles. The highest BCUT2D eigenvalue weighted by atomic mass is 32.2. The number of nitrogens with one attached hydrogen (secondary N) is 1. The zero-order valence-electron chi connectivity index (χ0n) is 12.9. The number of tetrazole rings is 1. The van der Waals surface area contributed by atoms with Crippen molar-refractivity contribution in [1.29, 1.82) is 0 Å². The van der Waals surface area contributed by atoms with Gasteiger partial charge in [-0.1, -0.05) is 89.3 Å². The van der Waals surface area contributed by atoms with Gasteiger partial charge in [0.15, 0.2) is 0 Å². The molecule has 5 heteroatoms. The fourth-order valence-electron chi connectivity index (χ4n) is 2.32. The molecule has 0 aliphatic rings. The lowest BCUT2D eigenvalue weighted by molar-refractivity contribution is 0.548. The lowest BCUT2D eigenvalue weighted by Gasteiger charge is -2.02. The van der Waals surface area contributed by atoms with Crippen LogP contribution in [0.5, 0.6) is 0 Å². The van der Waals surface area contributed by atoms with E-state index in [-0.39, 0.29) is 0 Å². The molecule has 0 aliphatic heterocycles. The summed E-state index contributed by atoms with van der Waals surface area (Å²) in [6.07, 6.45) is 16.8. The summed E-state index contributed by atoms with van der Waals surface area (Å²) >= 11 is 1.69. The average molecular weight is 298 g/mol. The number of H-pyrrole nitrogens is 1. The van der Waals surface area contributed by atoms with Gasteiger partial charge in [-0.3, -0.25) is 0 Å². The summed E-state index contributed by atoms with van der Waals surface area (Å²) < 4.78 is 0. The Balaban J connectivity index is 1.70. The number of unbranched alkanes of at least 4 members (excludes halogenated alkanes) is 11. The maximum Gasteiger partial charge on any atom is 0.230 e. The van der Waals surface area contributed by atoms with E-state index in [9.17, 15) is 0 Å². The van der Waals surface area contributed by atoms with E-state index < -0.39 is 0 Å². The number of hydrogen-bond acceptors (Lipinski definition) is 4. The summed E-state index contributed by atoms with van der Waals surface area (Å²) in [5.41, 5.74) is 0. The Bertz CT molecular complexity index is 290. The van der Waals surface area contributed by atoms with Gasteiger partial charge in [-0.15, -0.1) is 10.2 Å². The van der Waals surface area contributed by atoms with Crippen molar-refractivity contribution in [3.8, 4) is 0 Å². The second kappa shape index (κ2) is 13.4. The van der Waals surface area contributed by atoms with Gasteiger partial charge in [0.25, 0.3) is 0 Å². The molecular formula is C15H30N4S. The summed E-state index contributed by atoms with van der Waals surface area (Å²) in [6.45, 7) is 2.28. The molecule has 0 bridgehead atoms. The second-order valence-corrected chi connectivity index (χ2v) is 6.49. The van der Waals surface area contributed by atoms with Crippen molar-refractivity contribution in [3.05, 3.63) is 0 Å². The highest BCUT2D eigenvalue weighted by Gasteiger charge is 1.98. The van der Waals surface area contributed by atoms with Crippen molar-refractivity contribution in [3.63, 3.8) is 0 Å². The van der Waals surface area contributed by atoms with Crippen LogP contribution in [0.2, 0.25) is 0 Å². The summed E-state index contributed by atoms with van der Waals surface area (Å²) in [4.78, 5) is 0. The average Bonchev–Trinajstić information content (AvgIpc) is 2.97. The normalized spacial score (nSPS) is 11.1. The van der Waals surface area contributed by atoms with E-state index in [1.54, 1.807) is 11.8 Å². The molecule has 116 valence electrons. The summed E-state index contributed by atoms with van der Waals surface area (Å²) in [6, 6.07) is 0. The van der Waals surface area contributed by atoms with Gasteiger partial charge in [-0.25, -0.2) is 0 Å². The van der Waals surface area contributed by atoms with Crippen LogP contribution in [0.1, 0.15) is 84.0 Å². The van der Waals surface area contributed by atoms with E-state index >= 15 is 0 Å². The van der Waals surface area contributed by atoms with E-state index in [0.29, 0.717) is 0 Å². The van der Waals surface area contributed by atoms with Crippen LogP contribution in [0.4, 0.5) is 0 Å². The minimum atomic E-state index is 0.771. The molecule has 1 heterocycles. The van der Waals surface area contributed by atoms with Crippen LogP contribution in [-0.4, -0.2) is 26.4 Å². The number of hydrogen-bond donors (Lipinski definition) is 1. The van der Waals surface area contributed by atoms with Gasteiger partial charge >= 0.3 is 0 Å². The van der Waals surface area contributed by atoms with Crippen molar-refractivity contribution in [2.45, 2.75) is 89.1 Å². The van der Waals surface area contributed by atoms with Crippen molar-refractivity contribution in [2.75, 3.05) is 5.75 Å². The SMILES string of the molecule is CCCCCCCCCCCCCCSc1nn[nH]n1. The molecule has 0 atom stereocenters. The zero-order chi connectivity index (χ0) is 14.3. The van der Waals surface area contributed by atoms with Gasteiger partial charge in [-0.05, 0) is 11.6 Å². The topological polar surface area (TPSA) is 54.5 Å². The first-order chi connectivity index (χ1) is 9.93. The fraction of sp³-hybridized carbons (Fsp3) is 0.933. The van der Waals surface area contributed by atoms with Crippen LogP contribution in [0.25, 0.3) is 0 Å². The Labute approximate surface area is 127 Å². The molecule has 1 aromatic rings. The number of nitrogens with zero attached hydrogens (tertiary/aromatic N) is 3. The Hall–Kier alpha value is -0.580. The smallest absolute Gasteiger partial charge is 0.176 e. The summed E-state index contributed by atoms with van der Waals surface area (Å²) in [5.74, 6) is 1.11. The molecule has 0 amide bonds. The van der Waals surface area contributed by atoms with Crippen LogP contribution in [0, 0.1) is 0 Å². The molecule has 20 heavy (non-hydrogen) atoms. The Kier molecular flexibility index (Phi) is 11.7. The first-order valence-corrected chi connectivity index (χ1v) is 9.28. The third kappa shape index (κ3) is 10.2. The van der Waals surface area contributed by atoms with E-state index in [1.165, 1.54) is 77.0 Å². The Morgan fingerprint density at radius 1 is 0.800 bits per heavy atom. The van der Waals surface area contributed by atoms with Crippen LogP contribution >= 0.6 is 11.8 Å². The van der Waals surface area contributed by atoms with E-state index in [2.05, 4.69) is 27.5 Å². The Morgan fingerprint density at radius 3 is 1.85 bits per heavy atom. The monoisotopic (exact) mass is 298 g/mol. The quantitative estimate of drug-likeness (QED) is 0.388. The maximum atomic E-state index is 3.93. The van der Waals surface area contributed by atoms with Gasteiger partial charge in [-0.2, -0.15) is 5.21 Å². The lowest BCUT2D eigenvalue weighted by Crippen LogP contribution is -1.85. The highest BCUT2D eigenvalue weighted by Crippen LogP contribution is 2.15. The molecule has 0 unspecified atom stereocenters.